The number of anilines is 3. The molecule has 2 N–H and O–H groups in total. The zero-order valence-electron chi connectivity index (χ0n) is 14.4. The molecule has 0 fully saturated rings. The third-order valence-electron chi connectivity index (χ3n) is 4.32. The van der Waals surface area contributed by atoms with Crippen LogP contribution in [0.5, 0.6) is 0 Å². The number of hydrogen-bond acceptors (Lipinski definition) is 2. The second kappa shape index (κ2) is 6.76. The molecule has 0 atom stereocenters. The number of carbonyl (C=O) groups is 1. The Labute approximate surface area is 152 Å². The molecule has 4 rings (SSSR count). The molecule has 1 amide bonds. The summed E-state index contributed by atoms with van der Waals surface area (Å²) in [6.07, 6.45) is 1.87. The van der Waals surface area contributed by atoms with Crippen LogP contribution in [0, 0.1) is 0 Å². The smallest absolute Gasteiger partial charge is 0.257 e. The van der Waals surface area contributed by atoms with Crippen LogP contribution in [0.1, 0.15) is 10.4 Å². The first-order valence-corrected chi connectivity index (χ1v) is 8.48. The SMILES string of the molecule is Cn1cc(C(=O)Nc2cccc(Nc3ccccc3)c2)c2ccccc21. The van der Waals surface area contributed by atoms with E-state index >= 15 is 0 Å². The second-order valence-electron chi connectivity index (χ2n) is 6.20. The van der Waals surface area contributed by atoms with E-state index in [0.717, 1.165) is 28.0 Å². The lowest BCUT2D eigenvalue weighted by molar-refractivity contribution is 0.102. The topological polar surface area (TPSA) is 46.1 Å². The number of rotatable bonds is 4. The standard InChI is InChI=1S/C22H19N3O/c1-25-15-20(19-12-5-6-13-21(19)25)22(26)24-18-11-7-10-17(14-18)23-16-8-3-2-4-9-16/h2-15,23H,1H3,(H,24,26). The molecule has 0 aliphatic heterocycles. The predicted octanol–water partition coefficient (Wildman–Crippen LogP) is 5.17. The molecule has 4 nitrogen and oxygen atoms in total. The van der Waals surface area contributed by atoms with Crippen LogP contribution in [0.3, 0.4) is 0 Å². The van der Waals surface area contributed by atoms with Gasteiger partial charge in [0.1, 0.15) is 0 Å². The molecule has 26 heavy (non-hydrogen) atoms. The number of hydrogen-bond donors (Lipinski definition) is 2. The van der Waals surface area contributed by atoms with Crippen molar-refractivity contribution in [1.29, 1.82) is 0 Å². The number of aromatic nitrogens is 1. The highest BCUT2D eigenvalue weighted by Crippen LogP contribution is 2.23. The third kappa shape index (κ3) is 3.17. The van der Waals surface area contributed by atoms with Gasteiger partial charge >= 0.3 is 0 Å². The van der Waals surface area contributed by atoms with Crippen LogP contribution in [0.2, 0.25) is 0 Å². The number of nitrogens with zero attached hydrogens (tertiary/aromatic N) is 1. The molecular weight excluding hydrogens is 322 g/mol. The Balaban J connectivity index is 1.57. The van der Waals surface area contributed by atoms with Crippen molar-refractivity contribution in [2.75, 3.05) is 10.6 Å². The van der Waals surface area contributed by atoms with Gasteiger partial charge in [0.15, 0.2) is 0 Å². The van der Waals surface area contributed by atoms with Crippen LogP contribution < -0.4 is 10.6 Å². The van der Waals surface area contributed by atoms with Crippen LogP contribution in [0.25, 0.3) is 10.9 Å². The summed E-state index contributed by atoms with van der Waals surface area (Å²) in [6, 6.07) is 25.6. The molecule has 0 saturated heterocycles. The molecule has 0 radical (unpaired) electrons. The molecule has 128 valence electrons. The van der Waals surface area contributed by atoms with Crippen LogP contribution >= 0.6 is 0 Å². The van der Waals surface area contributed by atoms with Gasteiger partial charge in [-0.25, -0.2) is 0 Å². The second-order valence-corrected chi connectivity index (χ2v) is 6.20. The molecule has 0 saturated carbocycles. The summed E-state index contributed by atoms with van der Waals surface area (Å²) in [5.74, 6) is -0.112. The highest BCUT2D eigenvalue weighted by atomic mass is 16.1. The van der Waals surface area contributed by atoms with E-state index in [9.17, 15) is 4.79 Å². The quantitative estimate of drug-likeness (QED) is 0.537. The van der Waals surface area contributed by atoms with Gasteiger partial charge in [-0.2, -0.15) is 0 Å². The van der Waals surface area contributed by atoms with Crippen molar-refractivity contribution in [2.24, 2.45) is 7.05 Å². The predicted molar refractivity (Wildman–Crippen MR) is 107 cm³/mol. The Morgan fingerprint density at radius 1 is 0.808 bits per heavy atom. The number of aryl methyl sites for hydroxylation is 1. The van der Waals surface area contributed by atoms with Gasteiger partial charge in [0, 0.05) is 41.2 Å². The van der Waals surface area contributed by atoms with Crippen LogP contribution in [-0.4, -0.2) is 10.5 Å². The minimum atomic E-state index is -0.112. The van der Waals surface area contributed by atoms with E-state index in [1.807, 2.05) is 96.7 Å². The lowest BCUT2D eigenvalue weighted by Crippen LogP contribution is -2.11. The zero-order chi connectivity index (χ0) is 17.9. The summed E-state index contributed by atoms with van der Waals surface area (Å²) in [5, 5.41) is 7.28. The highest BCUT2D eigenvalue weighted by molar-refractivity contribution is 6.13. The van der Waals surface area contributed by atoms with Crippen LogP contribution in [0.4, 0.5) is 17.1 Å². The van der Waals surface area contributed by atoms with Gasteiger partial charge in [0.25, 0.3) is 5.91 Å². The van der Waals surface area contributed by atoms with Gasteiger partial charge in [0.05, 0.1) is 5.56 Å². The van der Waals surface area contributed by atoms with Crippen molar-refractivity contribution in [1.82, 2.24) is 4.57 Å². The molecule has 1 aromatic heterocycles. The van der Waals surface area contributed by atoms with Gasteiger partial charge in [-0.05, 0) is 36.4 Å². The molecule has 0 aliphatic rings. The number of nitrogens with one attached hydrogen (secondary N) is 2. The Kier molecular flexibility index (Phi) is 4.15. The van der Waals surface area contributed by atoms with Crippen molar-refractivity contribution < 1.29 is 4.79 Å². The van der Waals surface area contributed by atoms with Crippen molar-refractivity contribution in [3.05, 3.63) is 90.6 Å². The number of fused-ring (bicyclic) bond motifs is 1. The summed E-state index contributed by atoms with van der Waals surface area (Å²) in [7, 11) is 1.95. The van der Waals surface area contributed by atoms with Crippen molar-refractivity contribution in [3.63, 3.8) is 0 Å². The molecule has 0 bridgehead atoms. The molecule has 0 aliphatic carbocycles. The fourth-order valence-corrected chi connectivity index (χ4v) is 3.08. The van der Waals surface area contributed by atoms with Crippen LogP contribution in [-0.2, 0) is 7.05 Å². The molecule has 4 aromatic rings. The fourth-order valence-electron chi connectivity index (χ4n) is 3.08. The molecule has 0 spiro atoms. The molecule has 3 aromatic carbocycles. The average Bonchev–Trinajstić information content (AvgIpc) is 3.00. The molecular formula is C22H19N3O. The maximum Gasteiger partial charge on any atom is 0.257 e. The largest absolute Gasteiger partial charge is 0.355 e. The van der Waals surface area contributed by atoms with E-state index in [0.29, 0.717) is 5.56 Å². The van der Waals surface area contributed by atoms with E-state index in [1.54, 1.807) is 0 Å². The first-order valence-electron chi connectivity index (χ1n) is 8.48. The molecule has 4 heteroatoms. The van der Waals surface area contributed by atoms with E-state index in [4.69, 9.17) is 0 Å². The Hall–Kier alpha value is -3.53. The van der Waals surface area contributed by atoms with Gasteiger partial charge in [-0.1, -0.05) is 42.5 Å². The van der Waals surface area contributed by atoms with Crippen molar-refractivity contribution in [3.8, 4) is 0 Å². The minimum Gasteiger partial charge on any atom is -0.355 e. The van der Waals surface area contributed by atoms with Gasteiger partial charge in [-0.3, -0.25) is 4.79 Å². The van der Waals surface area contributed by atoms with E-state index in [1.165, 1.54) is 0 Å². The number of benzene rings is 3. The maximum absolute atomic E-state index is 12.8. The lowest BCUT2D eigenvalue weighted by atomic mass is 10.1. The Morgan fingerprint density at radius 3 is 2.35 bits per heavy atom. The van der Waals surface area contributed by atoms with Crippen LogP contribution in [0.15, 0.2) is 85.1 Å². The first-order chi connectivity index (χ1) is 12.7. The molecule has 1 heterocycles. The van der Waals surface area contributed by atoms with E-state index in [-0.39, 0.29) is 5.91 Å². The maximum atomic E-state index is 12.8. The summed E-state index contributed by atoms with van der Waals surface area (Å²) in [6.45, 7) is 0. The summed E-state index contributed by atoms with van der Waals surface area (Å²) < 4.78 is 1.97. The Bertz CT molecular complexity index is 1070. The van der Waals surface area contributed by atoms with Gasteiger partial charge in [0.2, 0.25) is 0 Å². The average molecular weight is 341 g/mol. The fraction of sp³-hybridized carbons (Fsp3) is 0.0455. The summed E-state index contributed by atoms with van der Waals surface area (Å²) >= 11 is 0. The first kappa shape index (κ1) is 16.0. The monoisotopic (exact) mass is 341 g/mol. The van der Waals surface area contributed by atoms with Crippen molar-refractivity contribution >= 4 is 33.9 Å². The molecule has 0 unspecified atom stereocenters. The number of carbonyl (C=O) groups excluding carboxylic acids is 1. The minimum absolute atomic E-state index is 0.112. The zero-order valence-corrected chi connectivity index (χ0v) is 14.4. The third-order valence-corrected chi connectivity index (χ3v) is 4.32. The summed E-state index contributed by atoms with van der Waals surface area (Å²) in [5.41, 5.74) is 4.39. The highest BCUT2D eigenvalue weighted by Gasteiger charge is 2.13. The van der Waals surface area contributed by atoms with Gasteiger partial charge in [-0.15, -0.1) is 0 Å². The number of para-hydroxylation sites is 2. The van der Waals surface area contributed by atoms with E-state index in [2.05, 4.69) is 10.6 Å². The van der Waals surface area contributed by atoms with Crippen molar-refractivity contribution in [2.45, 2.75) is 0 Å². The summed E-state index contributed by atoms with van der Waals surface area (Å²) in [4.78, 5) is 12.8. The lowest BCUT2D eigenvalue weighted by Gasteiger charge is -2.09. The number of amides is 1. The van der Waals surface area contributed by atoms with Gasteiger partial charge < -0.3 is 15.2 Å². The normalized spacial score (nSPS) is 10.7. The van der Waals surface area contributed by atoms with E-state index < -0.39 is 0 Å². The Morgan fingerprint density at radius 2 is 1.50 bits per heavy atom.